The molecule has 42 heavy (non-hydrogen) atoms. The molecule has 1 aromatic carbocycles. The molecule has 12 heteroatoms. The minimum Gasteiger partial charge on any atom is -0.445 e. The fourth-order valence-electron chi connectivity index (χ4n) is 6.90. The van der Waals surface area contributed by atoms with Crippen LogP contribution in [0.2, 0.25) is 5.02 Å². The summed E-state index contributed by atoms with van der Waals surface area (Å²) in [5, 5.41) is 21.2. The van der Waals surface area contributed by atoms with E-state index in [-0.39, 0.29) is 44.1 Å². The van der Waals surface area contributed by atoms with E-state index >= 15 is 0 Å². The molecular formula is C30H47ClN3O7P. The number of nitrogens with one attached hydrogen (secondary N) is 3. The Kier molecular flexibility index (Phi) is 12.6. The van der Waals surface area contributed by atoms with Crippen LogP contribution >= 0.6 is 19.2 Å². The van der Waals surface area contributed by atoms with Crippen molar-refractivity contribution in [3.63, 3.8) is 0 Å². The van der Waals surface area contributed by atoms with Crippen LogP contribution in [0.1, 0.15) is 70.8 Å². The van der Waals surface area contributed by atoms with E-state index in [0.29, 0.717) is 36.4 Å². The number of halogens is 1. The van der Waals surface area contributed by atoms with Crippen LogP contribution in [0, 0.1) is 23.7 Å². The molecule has 1 saturated heterocycles. The lowest BCUT2D eigenvalue weighted by molar-refractivity contribution is -0.122. The maximum absolute atomic E-state index is 13.5. The number of ether oxygens (including phenoxy) is 1. The van der Waals surface area contributed by atoms with E-state index in [9.17, 15) is 19.3 Å². The molecule has 4 fully saturated rings. The number of aliphatic hydroxyl groups excluding tert-OH is 1. The number of benzene rings is 1. The molecule has 3 saturated carbocycles. The second-order valence-electron chi connectivity index (χ2n) is 11.9. The van der Waals surface area contributed by atoms with Crippen molar-refractivity contribution in [1.82, 2.24) is 16.0 Å². The summed E-state index contributed by atoms with van der Waals surface area (Å²) in [6, 6.07) is 6.12. The van der Waals surface area contributed by atoms with Crippen LogP contribution in [-0.2, 0) is 29.8 Å². The van der Waals surface area contributed by atoms with Crippen molar-refractivity contribution in [2.75, 3.05) is 26.3 Å². The number of amides is 2. The first-order valence-corrected chi connectivity index (χ1v) is 17.4. The van der Waals surface area contributed by atoms with Crippen molar-refractivity contribution in [3.05, 3.63) is 34.9 Å². The first kappa shape index (κ1) is 33.2. The van der Waals surface area contributed by atoms with Crippen LogP contribution in [0.25, 0.3) is 0 Å². The van der Waals surface area contributed by atoms with E-state index in [0.717, 1.165) is 24.3 Å². The van der Waals surface area contributed by atoms with Gasteiger partial charge in [0.1, 0.15) is 6.61 Å². The molecule has 5 atom stereocenters. The van der Waals surface area contributed by atoms with Gasteiger partial charge in [0.25, 0.3) is 0 Å². The molecule has 2 amide bonds. The molecule has 0 radical (unpaired) electrons. The van der Waals surface area contributed by atoms with E-state index in [4.69, 9.17) is 25.4 Å². The highest BCUT2D eigenvalue weighted by Gasteiger charge is 2.43. The van der Waals surface area contributed by atoms with E-state index in [2.05, 4.69) is 16.0 Å². The smallest absolute Gasteiger partial charge is 0.407 e. The van der Waals surface area contributed by atoms with Crippen LogP contribution < -0.4 is 16.0 Å². The summed E-state index contributed by atoms with van der Waals surface area (Å²) in [5.74, 6) is -0.0406. The summed E-state index contributed by atoms with van der Waals surface area (Å²) in [7, 11) is -3.88. The molecular weight excluding hydrogens is 581 g/mol. The maximum Gasteiger partial charge on any atom is 0.407 e. The van der Waals surface area contributed by atoms with Crippen molar-refractivity contribution in [3.8, 4) is 0 Å². The minimum atomic E-state index is -3.88. The Bertz CT molecular complexity index is 1080. The Hall–Kier alpha value is -1.68. The summed E-state index contributed by atoms with van der Waals surface area (Å²) < 4.78 is 30.0. The normalized spacial score (nSPS) is 26.0. The van der Waals surface area contributed by atoms with Gasteiger partial charge in [-0.25, -0.2) is 4.79 Å². The Morgan fingerprint density at radius 2 is 1.88 bits per heavy atom. The van der Waals surface area contributed by atoms with Crippen molar-refractivity contribution in [2.24, 2.45) is 23.7 Å². The summed E-state index contributed by atoms with van der Waals surface area (Å²) in [6.07, 6.45) is 7.26. The maximum atomic E-state index is 13.5. The average molecular weight is 628 g/mol. The van der Waals surface area contributed by atoms with Gasteiger partial charge in [-0.1, -0.05) is 36.6 Å². The highest BCUT2D eigenvalue weighted by Crippen LogP contribution is 2.54. The minimum absolute atomic E-state index is 0.0880. The topological polar surface area (TPSA) is 135 Å². The highest BCUT2D eigenvalue weighted by molar-refractivity contribution is 7.54. The van der Waals surface area contributed by atoms with Crippen LogP contribution in [0.4, 0.5) is 4.79 Å². The number of alkyl carbamates (subject to hydrolysis) is 1. The van der Waals surface area contributed by atoms with Crippen molar-refractivity contribution in [2.45, 2.75) is 89.7 Å². The summed E-state index contributed by atoms with van der Waals surface area (Å²) in [5.41, 5.74) is 0.789. The quantitative estimate of drug-likeness (QED) is 0.183. The predicted molar refractivity (Wildman–Crippen MR) is 161 cm³/mol. The van der Waals surface area contributed by atoms with Gasteiger partial charge in [0.05, 0.1) is 13.2 Å². The van der Waals surface area contributed by atoms with E-state index in [1.807, 2.05) is 12.1 Å². The third-order valence-electron chi connectivity index (χ3n) is 8.99. The fourth-order valence-corrected chi connectivity index (χ4v) is 8.88. The third kappa shape index (κ3) is 9.16. The lowest BCUT2D eigenvalue weighted by Gasteiger charge is -2.43. The second kappa shape index (κ2) is 15.9. The van der Waals surface area contributed by atoms with Gasteiger partial charge in [-0.05, 0) is 87.8 Å². The van der Waals surface area contributed by atoms with Gasteiger partial charge in [0.2, 0.25) is 5.91 Å². The number of fused-ring (bicyclic) bond motifs is 3. The number of hydrogen-bond donors (Lipinski definition) is 4. The van der Waals surface area contributed by atoms with Gasteiger partial charge in [-0.15, -0.1) is 0 Å². The molecule has 2 bridgehead atoms. The molecule has 1 aliphatic heterocycles. The molecule has 0 aromatic heterocycles. The summed E-state index contributed by atoms with van der Waals surface area (Å²) in [4.78, 5) is 25.4. The van der Waals surface area contributed by atoms with Gasteiger partial charge in [-0.2, -0.15) is 0 Å². The van der Waals surface area contributed by atoms with E-state index in [1.54, 1.807) is 26.0 Å². The third-order valence-corrected chi connectivity index (χ3v) is 11.5. The fraction of sp³-hybridized carbons (Fsp3) is 0.733. The first-order chi connectivity index (χ1) is 20.2. The first-order valence-electron chi connectivity index (χ1n) is 15.5. The van der Waals surface area contributed by atoms with Gasteiger partial charge in [0, 0.05) is 36.1 Å². The van der Waals surface area contributed by atoms with Crippen LogP contribution in [0.3, 0.4) is 0 Å². The molecule has 1 heterocycles. The number of aliphatic hydroxyl groups is 1. The van der Waals surface area contributed by atoms with Crippen LogP contribution in [-0.4, -0.2) is 61.3 Å². The number of rotatable bonds is 16. The molecule has 4 N–H and O–H groups in total. The summed E-state index contributed by atoms with van der Waals surface area (Å²) in [6.45, 7) is 4.55. The largest absolute Gasteiger partial charge is 0.445 e. The lowest BCUT2D eigenvalue weighted by Crippen LogP contribution is -2.50. The monoisotopic (exact) mass is 627 g/mol. The number of carbonyl (C=O) groups is 2. The summed E-state index contributed by atoms with van der Waals surface area (Å²) >= 11 is 6.07. The molecule has 4 aliphatic rings. The van der Waals surface area contributed by atoms with Crippen molar-refractivity contribution < 1.29 is 33.0 Å². The number of hydrogen-bond acceptors (Lipinski definition) is 8. The molecule has 236 valence electrons. The molecule has 10 nitrogen and oxygen atoms in total. The Labute approximate surface area is 254 Å². The molecule has 5 rings (SSSR count). The predicted octanol–water partition coefficient (Wildman–Crippen LogP) is 5.22. The van der Waals surface area contributed by atoms with Crippen LogP contribution in [0.5, 0.6) is 0 Å². The Balaban J connectivity index is 1.46. The Morgan fingerprint density at radius 3 is 2.48 bits per heavy atom. The molecule has 3 unspecified atom stereocenters. The van der Waals surface area contributed by atoms with Gasteiger partial charge < -0.3 is 34.8 Å². The van der Waals surface area contributed by atoms with E-state index < -0.39 is 25.6 Å². The van der Waals surface area contributed by atoms with Crippen molar-refractivity contribution in [1.29, 1.82) is 0 Å². The second-order valence-corrected chi connectivity index (χ2v) is 14.4. The zero-order valence-electron chi connectivity index (χ0n) is 24.8. The zero-order chi connectivity index (χ0) is 30.1. The van der Waals surface area contributed by atoms with Gasteiger partial charge in [0.15, 0.2) is 5.85 Å². The standard InChI is InChI=1S/C30H47ClN3O7P/c1-3-40-42(38,41-4-2)29(36)27(17-23-12-13-32-28(23)35)33-18-26(16-24-14-20-8-10-22(24)11-9-20)34-30(37)39-19-21-6-5-7-25(31)15-21/h5-7,15,20,22-24,26-27,29,33,36H,3-4,8-14,16-19H2,1-2H3,(H,32,35)(H,34,37)/t20?,22?,23-,24?,26?,27-,29?/m0/s1. The van der Waals surface area contributed by atoms with Crippen LogP contribution in [0.15, 0.2) is 24.3 Å². The number of carbonyl (C=O) groups excluding carboxylic acids is 2. The van der Waals surface area contributed by atoms with Gasteiger partial charge in [-0.3, -0.25) is 9.36 Å². The molecule has 0 spiro atoms. The lowest BCUT2D eigenvalue weighted by atomic mass is 9.63. The molecule has 3 aliphatic carbocycles. The highest BCUT2D eigenvalue weighted by atomic mass is 35.5. The zero-order valence-corrected chi connectivity index (χ0v) is 26.4. The van der Waals surface area contributed by atoms with E-state index in [1.165, 1.54) is 25.7 Å². The average Bonchev–Trinajstić information content (AvgIpc) is 3.38. The SMILES string of the molecule is CCOP(=O)(OCC)C(O)[C@H](C[C@@H]1CCNC1=O)NCC(CC1CC2CCC1CC2)NC(=O)OCc1cccc(Cl)c1. The van der Waals surface area contributed by atoms with Gasteiger partial charge >= 0.3 is 13.7 Å². The molecule has 1 aromatic rings. The Morgan fingerprint density at radius 1 is 1.14 bits per heavy atom. The van der Waals surface area contributed by atoms with Crippen molar-refractivity contribution >= 4 is 31.2 Å².